The van der Waals surface area contributed by atoms with Gasteiger partial charge in [0.25, 0.3) is 0 Å². The summed E-state index contributed by atoms with van der Waals surface area (Å²) in [6.45, 7) is 28.9. The van der Waals surface area contributed by atoms with Crippen molar-refractivity contribution in [3.63, 3.8) is 0 Å². The van der Waals surface area contributed by atoms with Crippen molar-refractivity contribution in [1.29, 1.82) is 0 Å². The second-order valence-corrected chi connectivity index (χ2v) is 30.0. The quantitative estimate of drug-likeness (QED) is 0.108. The Labute approximate surface area is 646 Å². The van der Waals surface area contributed by atoms with Gasteiger partial charge in [0.15, 0.2) is 0 Å². The molecule has 18 rings (SSSR count). The Hall–Kier alpha value is -11.7. The normalized spacial score (nSPS) is 12.2. The van der Waals surface area contributed by atoms with Crippen LogP contribution in [-0.4, -0.2) is 37.8 Å². The molecule has 0 radical (unpaired) electrons. The minimum absolute atomic E-state index is 0. The van der Waals surface area contributed by atoms with Crippen molar-refractivity contribution in [3.05, 3.63) is 347 Å². The number of hydrogen-bond acceptors (Lipinski definition) is 4. The predicted molar refractivity (Wildman–Crippen MR) is 444 cm³/mol. The molecule has 1 unspecified atom stereocenters. The minimum atomic E-state index is -0.122. The molecule has 0 bridgehead atoms. The average molecular weight is 1590 g/mol. The van der Waals surface area contributed by atoms with Crippen LogP contribution in [0.1, 0.15) is 102 Å². The van der Waals surface area contributed by atoms with E-state index in [2.05, 4.69) is 329 Å². The van der Waals surface area contributed by atoms with E-state index in [1.807, 2.05) is 79.5 Å². The first kappa shape index (κ1) is 71.9. The summed E-state index contributed by atoms with van der Waals surface area (Å²) in [6.07, 6.45) is 13.7. The number of imidazole rings is 3. The molecule has 0 aliphatic rings. The van der Waals surface area contributed by atoms with Crippen LogP contribution < -0.4 is 0 Å². The zero-order valence-corrected chi connectivity index (χ0v) is 66.0. The van der Waals surface area contributed by atoms with Crippen molar-refractivity contribution in [3.8, 4) is 62.6 Å². The number of benzene rings is 12. The summed E-state index contributed by atoms with van der Waals surface area (Å²) in [4.78, 5) is 13.8. The Balaban J connectivity index is 0.000000183. The van der Waals surface area contributed by atoms with E-state index in [1.165, 1.54) is 122 Å². The Morgan fingerprint density at radius 1 is 0.361 bits per heavy atom. The Kier molecular flexibility index (Phi) is 19.5. The molecule has 0 N–H and O–H groups in total. The van der Waals surface area contributed by atoms with Gasteiger partial charge in [0.05, 0.1) is 39.5 Å². The SMILES string of the molecule is CCC(C)(CC(C)(C)c1ccc2c(c1)c1ccccc1n2-c1ccc2c(c1)oc1ccc(-n3c4ccccc4c4ccccc43)cc12)c1c[c-]c(-c2nccn2-c2c(C)cc(C)cc2C)cc1.Cc1cc(C)c(-n2ccnc2-c2[c-]cccc2)c(C)c1.Cc1cc(C)c(-n2ccnc2-c2[c-]cccc2)c(C)c1.[Ir+3]. The largest absolute Gasteiger partial charge is 3.00 e. The van der Waals surface area contributed by atoms with E-state index in [-0.39, 0.29) is 30.9 Å². The molecule has 0 spiro atoms. The van der Waals surface area contributed by atoms with Crippen LogP contribution in [0.25, 0.3) is 128 Å². The van der Waals surface area contributed by atoms with E-state index in [0.717, 1.165) is 80.3 Å². The molecule has 0 aliphatic carbocycles. The smallest absolute Gasteiger partial charge is 0.456 e. The summed E-state index contributed by atoms with van der Waals surface area (Å²) in [5.74, 6) is 2.77. The molecule has 6 heterocycles. The van der Waals surface area contributed by atoms with Gasteiger partial charge in [-0.15, -0.1) is 107 Å². The van der Waals surface area contributed by atoms with Gasteiger partial charge in [0.1, 0.15) is 11.2 Å². The van der Waals surface area contributed by atoms with Gasteiger partial charge in [-0.1, -0.05) is 148 Å². The number of hydrogen-bond donors (Lipinski definition) is 0. The Morgan fingerprint density at radius 2 is 0.769 bits per heavy atom. The van der Waals surface area contributed by atoms with E-state index < -0.39 is 0 Å². The molecule has 108 heavy (non-hydrogen) atoms. The molecule has 18 aromatic rings. The number of para-hydroxylation sites is 3. The van der Waals surface area contributed by atoms with Gasteiger partial charge in [-0.25, -0.2) is 0 Å². The van der Waals surface area contributed by atoms with Gasteiger partial charge in [-0.2, -0.15) is 0 Å². The number of aryl methyl sites for hydroxylation is 9. The van der Waals surface area contributed by atoms with Crippen LogP contribution in [-0.2, 0) is 30.9 Å². The zero-order chi connectivity index (χ0) is 74.0. The van der Waals surface area contributed by atoms with Crippen LogP contribution in [0.2, 0.25) is 0 Å². The molecule has 0 saturated heterocycles. The monoisotopic (exact) mass is 1580 g/mol. The molecule has 1 atom stereocenters. The first-order valence-corrected chi connectivity index (χ1v) is 37.1. The third-order valence-corrected chi connectivity index (χ3v) is 21.8. The Morgan fingerprint density at radius 3 is 1.20 bits per heavy atom. The van der Waals surface area contributed by atoms with Gasteiger partial charge >= 0.3 is 20.1 Å². The minimum Gasteiger partial charge on any atom is -0.456 e. The van der Waals surface area contributed by atoms with Crippen LogP contribution in [0.15, 0.2) is 272 Å². The molecule has 0 amide bonds. The first-order valence-electron chi connectivity index (χ1n) is 37.1. The van der Waals surface area contributed by atoms with Gasteiger partial charge in [-0.3, -0.25) is 15.0 Å². The van der Waals surface area contributed by atoms with Crippen molar-refractivity contribution >= 4 is 65.6 Å². The second-order valence-electron chi connectivity index (χ2n) is 30.0. The molecule has 6 aromatic heterocycles. The third-order valence-electron chi connectivity index (χ3n) is 21.8. The van der Waals surface area contributed by atoms with Crippen LogP contribution in [0.4, 0.5) is 0 Å². The van der Waals surface area contributed by atoms with Crippen molar-refractivity contribution < 1.29 is 24.5 Å². The van der Waals surface area contributed by atoms with Gasteiger partial charge < -0.3 is 27.3 Å². The summed E-state index contributed by atoms with van der Waals surface area (Å²) in [6, 6.07) is 92.7. The number of aromatic nitrogens is 8. The van der Waals surface area contributed by atoms with Crippen LogP contribution >= 0.6 is 0 Å². The standard InChI is InChI=1S/C62H53N4O.2C18H17N2.Ir/c1-8-62(7,43-23-21-42(22-24-43)60-63-31-32-64(60)59-40(3)33-39(2)34-41(59)4)38-61(5,6)44-25-29-56-51(35-44)49-17-11-14-20-55(49)66(56)46-26-28-50-52-36-45(27-30-57(52)67-58(50)37-46)65-53-18-12-9-15-47(53)48-16-10-13-19-54(48)65;2*1-13-11-14(2)17(15(3)12-13)20-10-9-19-18(20)16-7-5-4-6-8-16;/h9-21,23-37H,8,38H2,1-7H3;2*4-7,9-12H,1-3H3;/q3*-1;+3. The van der Waals surface area contributed by atoms with E-state index in [1.54, 1.807) is 0 Å². The van der Waals surface area contributed by atoms with Crippen LogP contribution in [0.3, 0.4) is 0 Å². The predicted octanol–water partition coefficient (Wildman–Crippen LogP) is 24.9. The third kappa shape index (κ3) is 13.2. The van der Waals surface area contributed by atoms with Crippen molar-refractivity contribution in [2.45, 2.75) is 114 Å². The number of rotatable bonds is 13. The fraction of sp³-hybridized carbons (Fsp3) is 0.173. The molecule has 9 nitrogen and oxygen atoms in total. The maximum atomic E-state index is 6.65. The molecule has 0 saturated carbocycles. The van der Waals surface area contributed by atoms with Crippen molar-refractivity contribution in [2.75, 3.05) is 0 Å². The number of nitrogens with zero attached hydrogens (tertiary/aromatic N) is 8. The summed E-state index contributed by atoms with van der Waals surface area (Å²) in [5, 5.41) is 7.23. The maximum absolute atomic E-state index is 6.65. The molecule has 534 valence electrons. The maximum Gasteiger partial charge on any atom is 3.00 e. The van der Waals surface area contributed by atoms with Gasteiger partial charge in [0, 0.05) is 104 Å². The van der Waals surface area contributed by atoms with Crippen LogP contribution in [0, 0.1) is 80.5 Å². The molecular formula is C98H87IrN8O. The number of fused-ring (bicyclic) bond motifs is 9. The van der Waals surface area contributed by atoms with Crippen molar-refractivity contribution in [1.82, 2.24) is 37.8 Å². The topological polar surface area (TPSA) is 76.5 Å². The Bertz CT molecular complexity index is 6120. The summed E-state index contributed by atoms with van der Waals surface area (Å²) >= 11 is 0. The first-order chi connectivity index (χ1) is 51.8. The van der Waals surface area contributed by atoms with Crippen molar-refractivity contribution in [2.24, 2.45) is 0 Å². The van der Waals surface area contributed by atoms with E-state index in [9.17, 15) is 0 Å². The second kappa shape index (κ2) is 29.2. The van der Waals surface area contributed by atoms with E-state index in [4.69, 9.17) is 9.40 Å². The summed E-state index contributed by atoms with van der Waals surface area (Å²) < 4.78 is 17.9. The summed E-state index contributed by atoms with van der Waals surface area (Å²) in [7, 11) is 0. The van der Waals surface area contributed by atoms with Gasteiger partial charge in [0.2, 0.25) is 0 Å². The van der Waals surface area contributed by atoms with E-state index in [0.29, 0.717) is 0 Å². The molecule has 10 heteroatoms. The number of furan rings is 1. The molecule has 0 fully saturated rings. The zero-order valence-electron chi connectivity index (χ0n) is 63.6. The fourth-order valence-corrected chi connectivity index (χ4v) is 17.1. The molecule has 0 aliphatic heterocycles. The molecule has 12 aromatic carbocycles. The molecular weight excluding hydrogens is 1500 g/mol. The average Bonchev–Trinajstić information content (AvgIpc) is 1.58. The van der Waals surface area contributed by atoms with Crippen LogP contribution in [0.5, 0.6) is 0 Å². The fourth-order valence-electron chi connectivity index (χ4n) is 17.1. The van der Waals surface area contributed by atoms with E-state index >= 15 is 0 Å². The summed E-state index contributed by atoms with van der Waals surface area (Å²) in [5.41, 5.74) is 29.2. The van der Waals surface area contributed by atoms with Gasteiger partial charge in [-0.05, 0) is 179 Å².